The van der Waals surface area contributed by atoms with E-state index < -0.39 is 107 Å². The van der Waals surface area contributed by atoms with E-state index in [1.54, 1.807) is 0 Å². The fraction of sp³-hybridized carbons (Fsp3) is 0.583. The summed E-state index contributed by atoms with van der Waals surface area (Å²) in [7, 11) is 0. The van der Waals surface area contributed by atoms with E-state index in [0.29, 0.717) is 18.2 Å². The minimum Gasteiger partial charge on any atom is -0.203 e. The Morgan fingerprint density at radius 2 is 0.750 bits per heavy atom. The molecule has 48 heavy (non-hydrogen) atoms. The molecule has 276 valence electrons. The number of halogens is 24. The molecular weight excluding hydrogens is 744 g/mol. The van der Waals surface area contributed by atoms with Gasteiger partial charge in [-0.25, -0.2) is 17.6 Å². The summed E-state index contributed by atoms with van der Waals surface area (Å²) in [6.45, 7) is 0. The summed E-state index contributed by atoms with van der Waals surface area (Å²) in [5.74, 6) is -77.0. The molecule has 0 atom stereocenters. The molecule has 0 spiro atoms. The van der Waals surface area contributed by atoms with Crippen LogP contribution in [0.25, 0.3) is 10.8 Å². The lowest BCUT2D eigenvalue weighted by atomic mass is 9.85. The molecular formula is C24H12F24. The van der Waals surface area contributed by atoms with Gasteiger partial charge in [-0.3, -0.25) is 0 Å². The molecule has 0 saturated carbocycles. The van der Waals surface area contributed by atoms with Crippen LogP contribution in [0.5, 0.6) is 0 Å². The van der Waals surface area contributed by atoms with Crippen LogP contribution in [0.1, 0.15) is 11.1 Å². The maximum Gasteiger partial charge on any atom is 0.384 e. The van der Waals surface area contributed by atoms with Crippen molar-refractivity contribution in [2.24, 2.45) is 0 Å². The van der Waals surface area contributed by atoms with Gasteiger partial charge >= 0.3 is 72.1 Å². The van der Waals surface area contributed by atoms with Gasteiger partial charge in [0, 0.05) is 12.8 Å². The lowest BCUT2D eigenvalue weighted by Crippen LogP contribution is -2.69. The summed E-state index contributed by atoms with van der Waals surface area (Å²) in [5, 5.41) is -1.86. The van der Waals surface area contributed by atoms with Crippen molar-refractivity contribution in [3.8, 4) is 0 Å². The molecule has 0 bridgehead atoms. The van der Waals surface area contributed by atoms with Gasteiger partial charge in [-0.2, -0.15) is 87.8 Å². The van der Waals surface area contributed by atoms with Crippen molar-refractivity contribution in [1.29, 1.82) is 0 Å². The number of fused-ring (bicyclic) bond motifs is 1. The average Bonchev–Trinajstić information content (AvgIpc) is 2.92. The van der Waals surface area contributed by atoms with Crippen LogP contribution in [0.15, 0.2) is 36.4 Å². The molecule has 0 aromatic heterocycles. The van der Waals surface area contributed by atoms with Gasteiger partial charge in [0.1, 0.15) is 0 Å². The standard InChI is InChI=1S/C24H12F24/c25-13(26)17(33,34)21(41,42)23(45,46)19(37,38)15(29,30)7-10-6-5-9-3-1-2-4-11(9)12(10)8-16(31,32)20(39,40)24(47,48)22(43,44)18(35,36)14(27)28/h1-6,13-14H,7-8H2. The van der Waals surface area contributed by atoms with Crippen LogP contribution >= 0.6 is 0 Å². The van der Waals surface area contributed by atoms with Crippen LogP contribution < -0.4 is 0 Å². The highest BCUT2D eigenvalue weighted by Gasteiger charge is 2.89. The summed E-state index contributed by atoms with van der Waals surface area (Å²) < 4.78 is 328. The first kappa shape index (κ1) is 41.2. The van der Waals surface area contributed by atoms with Crippen LogP contribution in [-0.4, -0.2) is 72.1 Å². The van der Waals surface area contributed by atoms with Gasteiger partial charge in [-0.15, -0.1) is 0 Å². The van der Waals surface area contributed by atoms with Gasteiger partial charge in [-0.1, -0.05) is 36.4 Å². The molecule has 0 saturated heterocycles. The lowest BCUT2D eigenvalue weighted by Gasteiger charge is -2.40. The van der Waals surface area contributed by atoms with Crippen molar-refractivity contribution in [3.05, 3.63) is 47.5 Å². The van der Waals surface area contributed by atoms with Crippen molar-refractivity contribution >= 4 is 10.8 Å². The van der Waals surface area contributed by atoms with Crippen molar-refractivity contribution in [3.63, 3.8) is 0 Å². The van der Waals surface area contributed by atoms with Crippen LogP contribution in [-0.2, 0) is 12.8 Å². The first-order valence-corrected chi connectivity index (χ1v) is 11.9. The minimum absolute atomic E-state index is 0.155. The number of rotatable bonds is 14. The predicted molar refractivity (Wildman–Crippen MR) is 113 cm³/mol. The van der Waals surface area contributed by atoms with Crippen molar-refractivity contribution in [1.82, 2.24) is 0 Å². The second kappa shape index (κ2) is 11.8. The number of alkyl halides is 24. The van der Waals surface area contributed by atoms with Crippen molar-refractivity contribution in [2.75, 3.05) is 0 Å². The zero-order valence-corrected chi connectivity index (χ0v) is 22.1. The Kier molecular flexibility index (Phi) is 10.1. The highest BCUT2D eigenvalue weighted by Crippen LogP contribution is 2.61. The van der Waals surface area contributed by atoms with Gasteiger partial charge < -0.3 is 0 Å². The zero-order valence-electron chi connectivity index (χ0n) is 22.1. The summed E-state index contributed by atoms with van der Waals surface area (Å²) in [6, 6.07) is 2.89. The average molecular weight is 756 g/mol. The van der Waals surface area contributed by atoms with E-state index in [1.165, 1.54) is 0 Å². The Hall–Kier alpha value is -2.98. The molecule has 0 aliphatic carbocycles. The Bertz CT molecular complexity index is 1460. The minimum atomic E-state index is -8.16. The monoisotopic (exact) mass is 756 g/mol. The Balaban J connectivity index is 2.78. The Morgan fingerprint density at radius 3 is 1.12 bits per heavy atom. The quantitative estimate of drug-likeness (QED) is 0.169. The molecule has 24 heteroatoms. The molecule has 2 aromatic carbocycles. The van der Waals surface area contributed by atoms with Gasteiger partial charge in [0.25, 0.3) is 0 Å². The Morgan fingerprint density at radius 1 is 0.396 bits per heavy atom. The van der Waals surface area contributed by atoms with Gasteiger partial charge in [0.2, 0.25) is 0 Å². The SMILES string of the molecule is FC(F)C(F)(F)C(F)(F)C(F)(F)C(F)(F)C(F)(F)Cc1ccc2ccccc2c1CC(F)(F)C(F)(F)C(F)(F)C(F)(F)C(F)(F)C(F)F. The third kappa shape index (κ3) is 5.74. The second-order valence-electron chi connectivity index (χ2n) is 9.98. The Labute approximate surface area is 249 Å². The van der Waals surface area contributed by atoms with Gasteiger partial charge in [-0.05, 0) is 21.9 Å². The van der Waals surface area contributed by atoms with Crippen molar-refractivity contribution < 1.29 is 105 Å². The summed E-state index contributed by atoms with van der Waals surface area (Å²) >= 11 is 0. The molecule has 0 radical (unpaired) electrons. The molecule has 0 fully saturated rings. The summed E-state index contributed by atoms with van der Waals surface area (Å²) in [4.78, 5) is 0. The topological polar surface area (TPSA) is 0 Å². The molecule has 0 amide bonds. The first-order chi connectivity index (χ1) is 21.0. The highest BCUT2D eigenvalue weighted by atomic mass is 19.4. The third-order valence-corrected chi connectivity index (χ3v) is 6.83. The van der Waals surface area contributed by atoms with E-state index in [1.807, 2.05) is 0 Å². The molecule has 0 aliphatic rings. The maximum atomic E-state index is 14.7. The first-order valence-electron chi connectivity index (χ1n) is 11.9. The molecule has 0 nitrogen and oxygen atoms in total. The van der Waals surface area contributed by atoms with E-state index >= 15 is 0 Å². The molecule has 0 aliphatic heterocycles. The molecule has 2 aromatic rings. The molecule has 0 N–H and O–H groups in total. The smallest absolute Gasteiger partial charge is 0.203 e. The van der Waals surface area contributed by atoms with E-state index in [2.05, 4.69) is 0 Å². The van der Waals surface area contributed by atoms with E-state index in [4.69, 9.17) is 0 Å². The second-order valence-corrected chi connectivity index (χ2v) is 9.98. The van der Waals surface area contributed by atoms with E-state index in [-0.39, 0.29) is 6.07 Å². The van der Waals surface area contributed by atoms with Crippen molar-refractivity contribution in [2.45, 2.75) is 84.9 Å². The number of hydrogen-bond acceptors (Lipinski definition) is 0. The van der Waals surface area contributed by atoms with Crippen LogP contribution in [0.2, 0.25) is 0 Å². The maximum absolute atomic E-state index is 14.7. The van der Waals surface area contributed by atoms with E-state index in [9.17, 15) is 105 Å². The van der Waals surface area contributed by atoms with Gasteiger partial charge in [0.15, 0.2) is 0 Å². The molecule has 0 unspecified atom stereocenters. The summed E-state index contributed by atoms with van der Waals surface area (Å²) in [6.07, 6.45) is -18.6. The normalized spacial score (nSPS) is 15.6. The van der Waals surface area contributed by atoms with Crippen LogP contribution in [0.4, 0.5) is 105 Å². The largest absolute Gasteiger partial charge is 0.384 e. The summed E-state index contributed by atoms with van der Waals surface area (Å²) in [5.41, 5.74) is -4.22. The number of hydrogen-bond donors (Lipinski definition) is 0. The number of benzene rings is 2. The third-order valence-electron chi connectivity index (χ3n) is 6.83. The highest BCUT2D eigenvalue weighted by molar-refractivity contribution is 5.87. The lowest BCUT2D eigenvalue weighted by molar-refractivity contribution is -0.412. The van der Waals surface area contributed by atoms with E-state index in [0.717, 1.165) is 12.1 Å². The fourth-order valence-corrected chi connectivity index (χ4v) is 3.99. The predicted octanol–water partition coefficient (Wildman–Crippen LogP) is 10.8. The zero-order chi connectivity index (χ0) is 38.1. The van der Waals surface area contributed by atoms with Gasteiger partial charge in [0.05, 0.1) is 0 Å². The van der Waals surface area contributed by atoms with Crippen LogP contribution in [0, 0.1) is 0 Å². The molecule has 2 rings (SSSR count). The van der Waals surface area contributed by atoms with Crippen LogP contribution in [0.3, 0.4) is 0 Å². The molecule has 0 heterocycles. The fourth-order valence-electron chi connectivity index (χ4n) is 3.99.